The molecule has 0 N–H and O–H groups in total. The van der Waals surface area contributed by atoms with Gasteiger partial charge in [0.25, 0.3) is 0 Å². The first-order valence-electron chi connectivity index (χ1n) is 5.48. The van der Waals surface area contributed by atoms with Crippen LogP contribution in [0.3, 0.4) is 0 Å². The largest absolute Gasteiger partial charge is 0.235 e. The van der Waals surface area contributed by atoms with E-state index in [-0.39, 0.29) is 11.7 Å². The van der Waals surface area contributed by atoms with Crippen LogP contribution >= 0.6 is 0 Å². The van der Waals surface area contributed by atoms with E-state index in [1.807, 2.05) is 19.9 Å². The van der Waals surface area contributed by atoms with Gasteiger partial charge in [-0.1, -0.05) is 26.0 Å². The fourth-order valence-electron chi connectivity index (χ4n) is 1.96. The van der Waals surface area contributed by atoms with Gasteiger partial charge >= 0.3 is 0 Å². The van der Waals surface area contributed by atoms with Crippen LogP contribution in [0.25, 0.3) is 0 Å². The molecule has 0 aliphatic heterocycles. The highest BCUT2D eigenvalue weighted by Crippen LogP contribution is 2.49. The van der Waals surface area contributed by atoms with Gasteiger partial charge in [-0.25, -0.2) is 9.18 Å². The smallest absolute Gasteiger partial charge is 0.211 e. The maximum atomic E-state index is 13.8. The standard InChI is InChI=1S/C13H14FNO/c1-9(2)11-4-3-10(7-12(11)14)13(5-6-13)15-8-16/h3-4,7,9H,5-6H2,1-2H3. The molecule has 1 fully saturated rings. The summed E-state index contributed by atoms with van der Waals surface area (Å²) in [6.07, 6.45) is 3.19. The van der Waals surface area contributed by atoms with Crippen LogP contribution in [-0.4, -0.2) is 6.08 Å². The Balaban J connectivity index is 2.39. The first-order valence-corrected chi connectivity index (χ1v) is 5.48. The lowest BCUT2D eigenvalue weighted by Crippen LogP contribution is -2.04. The van der Waals surface area contributed by atoms with Crippen molar-refractivity contribution in [1.29, 1.82) is 0 Å². The van der Waals surface area contributed by atoms with Crippen molar-refractivity contribution in [3.63, 3.8) is 0 Å². The number of isocyanates is 1. The minimum Gasteiger partial charge on any atom is -0.211 e. The lowest BCUT2D eigenvalue weighted by molar-refractivity contribution is 0.554. The van der Waals surface area contributed by atoms with E-state index in [0.717, 1.165) is 18.4 Å². The fraction of sp³-hybridized carbons (Fsp3) is 0.462. The van der Waals surface area contributed by atoms with E-state index in [2.05, 4.69) is 4.99 Å². The van der Waals surface area contributed by atoms with Gasteiger partial charge < -0.3 is 0 Å². The van der Waals surface area contributed by atoms with E-state index in [9.17, 15) is 9.18 Å². The van der Waals surface area contributed by atoms with E-state index in [1.165, 1.54) is 6.07 Å². The summed E-state index contributed by atoms with van der Waals surface area (Å²) in [5, 5.41) is 0. The predicted octanol–water partition coefficient (Wildman–Crippen LogP) is 3.27. The van der Waals surface area contributed by atoms with Crippen LogP contribution in [0.2, 0.25) is 0 Å². The van der Waals surface area contributed by atoms with Gasteiger partial charge in [0, 0.05) is 0 Å². The van der Waals surface area contributed by atoms with Gasteiger partial charge in [0.15, 0.2) is 0 Å². The quantitative estimate of drug-likeness (QED) is 0.566. The Hall–Kier alpha value is -1.47. The summed E-state index contributed by atoms with van der Waals surface area (Å²) in [6.45, 7) is 3.91. The normalized spacial score (nSPS) is 17.0. The van der Waals surface area contributed by atoms with Crippen molar-refractivity contribution in [3.05, 3.63) is 35.1 Å². The molecule has 0 atom stereocenters. The Bertz CT molecular complexity index is 457. The van der Waals surface area contributed by atoms with E-state index in [0.29, 0.717) is 5.56 Å². The summed E-state index contributed by atoms with van der Waals surface area (Å²) in [7, 11) is 0. The molecule has 1 aliphatic rings. The van der Waals surface area contributed by atoms with Crippen LogP contribution in [-0.2, 0) is 10.3 Å². The van der Waals surface area contributed by atoms with Crippen molar-refractivity contribution in [3.8, 4) is 0 Å². The topological polar surface area (TPSA) is 29.4 Å². The van der Waals surface area contributed by atoms with Crippen LogP contribution in [0.1, 0.15) is 43.7 Å². The average Bonchev–Trinajstić information content (AvgIpc) is 2.99. The highest BCUT2D eigenvalue weighted by Gasteiger charge is 2.45. The van der Waals surface area contributed by atoms with Crippen molar-refractivity contribution in [1.82, 2.24) is 0 Å². The fourth-order valence-corrected chi connectivity index (χ4v) is 1.96. The second-order valence-electron chi connectivity index (χ2n) is 4.63. The Morgan fingerprint density at radius 3 is 2.56 bits per heavy atom. The minimum atomic E-state index is -0.474. The van der Waals surface area contributed by atoms with Gasteiger partial charge in [-0.05, 0) is 36.0 Å². The number of hydrogen-bond donors (Lipinski definition) is 0. The van der Waals surface area contributed by atoms with Crippen molar-refractivity contribution in [2.24, 2.45) is 4.99 Å². The molecule has 1 saturated carbocycles. The summed E-state index contributed by atoms with van der Waals surface area (Å²) in [4.78, 5) is 14.1. The third-order valence-corrected chi connectivity index (χ3v) is 3.14. The summed E-state index contributed by atoms with van der Waals surface area (Å²) in [5.74, 6) is -0.0429. The van der Waals surface area contributed by atoms with Crippen LogP contribution in [0.4, 0.5) is 4.39 Å². The van der Waals surface area contributed by atoms with Gasteiger partial charge in [0.05, 0.1) is 5.54 Å². The SMILES string of the molecule is CC(C)c1ccc(C2(N=C=O)CC2)cc1F. The van der Waals surface area contributed by atoms with Crippen molar-refractivity contribution < 1.29 is 9.18 Å². The van der Waals surface area contributed by atoms with Crippen LogP contribution in [0.5, 0.6) is 0 Å². The number of benzene rings is 1. The monoisotopic (exact) mass is 219 g/mol. The molecule has 0 amide bonds. The zero-order chi connectivity index (χ0) is 11.8. The Labute approximate surface area is 94.2 Å². The van der Waals surface area contributed by atoms with E-state index in [4.69, 9.17) is 0 Å². The number of nitrogens with zero attached hydrogens (tertiary/aromatic N) is 1. The average molecular weight is 219 g/mol. The van der Waals surface area contributed by atoms with Gasteiger partial charge in [-0.3, -0.25) is 0 Å². The molecular weight excluding hydrogens is 205 g/mol. The number of rotatable bonds is 3. The molecule has 0 radical (unpaired) electrons. The van der Waals surface area contributed by atoms with Gasteiger partial charge in [-0.2, -0.15) is 4.99 Å². The molecule has 1 aromatic carbocycles. The molecule has 0 aromatic heterocycles. The Morgan fingerprint density at radius 2 is 2.12 bits per heavy atom. The molecule has 0 saturated heterocycles. The van der Waals surface area contributed by atoms with Crippen molar-refractivity contribution >= 4 is 6.08 Å². The lowest BCUT2D eigenvalue weighted by Gasteiger charge is -2.12. The molecule has 16 heavy (non-hydrogen) atoms. The third kappa shape index (κ3) is 1.79. The van der Waals surface area contributed by atoms with Crippen molar-refractivity contribution in [2.75, 3.05) is 0 Å². The zero-order valence-electron chi connectivity index (χ0n) is 9.46. The van der Waals surface area contributed by atoms with Gasteiger partial charge in [0.1, 0.15) is 5.82 Å². The summed E-state index contributed by atoms with van der Waals surface area (Å²) in [5.41, 5.74) is 1.02. The first kappa shape index (κ1) is 11.0. The molecule has 0 spiro atoms. The van der Waals surface area contributed by atoms with Crippen LogP contribution < -0.4 is 0 Å². The second kappa shape index (κ2) is 3.84. The molecule has 1 aliphatic carbocycles. The number of hydrogen-bond acceptors (Lipinski definition) is 2. The maximum Gasteiger partial charge on any atom is 0.235 e. The lowest BCUT2D eigenvalue weighted by atomic mass is 9.97. The molecule has 1 aromatic rings. The molecule has 2 rings (SSSR count). The predicted molar refractivity (Wildman–Crippen MR) is 59.5 cm³/mol. The molecule has 3 heteroatoms. The molecule has 2 nitrogen and oxygen atoms in total. The molecule has 0 bridgehead atoms. The van der Waals surface area contributed by atoms with E-state index < -0.39 is 5.54 Å². The van der Waals surface area contributed by atoms with Crippen LogP contribution in [0.15, 0.2) is 23.2 Å². The van der Waals surface area contributed by atoms with Gasteiger partial charge in [0.2, 0.25) is 6.08 Å². The highest BCUT2D eigenvalue weighted by molar-refractivity contribution is 5.42. The number of carbonyl (C=O) groups excluding carboxylic acids is 1. The van der Waals surface area contributed by atoms with E-state index >= 15 is 0 Å². The second-order valence-corrected chi connectivity index (χ2v) is 4.63. The number of halogens is 1. The van der Waals surface area contributed by atoms with E-state index in [1.54, 1.807) is 12.1 Å². The summed E-state index contributed by atoms with van der Waals surface area (Å²) in [6, 6.07) is 5.16. The third-order valence-electron chi connectivity index (χ3n) is 3.14. The van der Waals surface area contributed by atoms with Crippen LogP contribution in [0, 0.1) is 5.82 Å². The maximum absolute atomic E-state index is 13.8. The highest BCUT2D eigenvalue weighted by atomic mass is 19.1. The van der Waals surface area contributed by atoms with Gasteiger partial charge in [-0.15, -0.1) is 0 Å². The summed E-state index contributed by atoms with van der Waals surface area (Å²) >= 11 is 0. The molecule has 0 unspecified atom stereocenters. The first-order chi connectivity index (χ1) is 7.59. The number of aliphatic imine (C=N–C) groups is 1. The molecular formula is C13H14FNO. The summed E-state index contributed by atoms with van der Waals surface area (Å²) < 4.78 is 13.8. The zero-order valence-corrected chi connectivity index (χ0v) is 9.46. The molecule has 0 heterocycles. The molecule has 84 valence electrons. The minimum absolute atomic E-state index is 0.166. The Kier molecular flexibility index (Phi) is 2.64. The van der Waals surface area contributed by atoms with Crippen molar-refractivity contribution in [2.45, 2.75) is 38.1 Å². The Morgan fingerprint density at radius 1 is 1.44 bits per heavy atom.